The van der Waals surface area contributed by atoms with Gasteiger partial charge in [0.1, 0.15) is 0 Å². The van der Waals surface area contributed by atoms with Crippen LogP contribution in [0.4, 0.5) is 5.69 Å². The SMILES string of the molecule is COCc1ccc(C(=O)OCC(=O)c2ccc(N(C)S(C)(=O)=O)cc2)cc1. The van der Waals surface area contributed by atoms with Gasteiger partial charge >= 0.3 is 5.97 Å². The topological polar surface area (TPSA) is 90.0 Å². The first-order valence-corrected chi connectivity index (χ1v) is 9.89. The van der Waals surface area contributed by atoms with Crippen molar-refractivity contribution < 1.29 is 27.5 Å². The number of hydrogen-bond acceptors (Lipinski definition) is 6. The second-order valence-electron chi connectivity index (χ2n) is 5.91. The third-order valence-electron chi connectivity index (χ3n) is 3.89. The van der Waals surface area contributed by atoms with Crippen LogP contribution in [0.15, 0.2) is 48.5 Å². The van der Waals surface area contributed by atoms with Gasteiger partial charge in [0.2, 0.25) is 10.0 Å². The van der Waals surface area contributed by atoms with E-state index in [1.807, 2.05) is 0 Å². The number of carbonyl (C=O) groups excluding carboxylic acids is 2. The molecular formula is C19H21NO6S. The molecule has 0 spiro atoms. The summed E-state index contributed by atoms with van der Waals surface area (Å²) in [6.45, 7) is 0.0399. The van der Waals surface area contributed by atoms with E-state index in [0.717, 1.165) is 16.1 Å². The minimum absolute atomic E-state index is 0.323. The van der Waals surface area contributed by atoms with E-state index in [4.69, 9.17) is 9.47 Å². The summed E-state index contributed by atoms with van der Waals surface area (Å²) in [7, 11) is -0.371. The van der Waals surface area contributed by atoms with Gasteiger partial charge in [0.15, 0.2) is 12.4 Å². The van der Waals surface area contributed by atoms with Crippen molar-refractivity contribution in [3.05, 3.63) is 65.2 Å². The highest BCUT2D eigenvalue weighted by molar-refractivity contribution is 7.92. The highest BCUT2D eigenvalue weighted by Crippen LogP contribution is 2.17. The van der Waals surface area contributed by atoms with E-state index in [-0.39, 0.29) is 5.78 Å². The van der Waals surface area contributed by atoms with E-state index in [9.17, 15) is 18.0 Å². The molecule has 0 amide bonds. The van der Waals surface area contributed by atoms with E-state index >= 15 is 0 Å². The number of anilines is 1. The molecule has 7 nitrogen and oxygen atoms in total. The van der Waals surface area contributed by atoms with E-state index in [1.165, 1.54) is 31.3 Å². The summed E-state index contributed by atoms with van der Waals surface area (Å²) in [5.74, 6) is -0.978. The average molecular weight is 391 g/mol. The third-order valence-corrected chi connectivity index (χ3v) is 5.09. The van der Waals surface area contributed by atoms with Gasteiger partial charge in [0.25, 0.3) is 0 Å². The van der Waals surface area contributed by atoms with Crippen LogP contribution < -0.4 is 4.31 Å². The zero-order valence-electron chi connectivity index (χ0n) is 15.3. The van der Waals surface area contributed by atoms with Crippen LogP contribution in [0.1, 0.15) is 26.3 Å². The number of benzene rings is 2. The lowest BCUT2D eigenvalue weighted by Gasteiger charge is -2.16. The Morgan fingerprint density at radius 2 is 1.52 bits per heavy atom. The molecule has 0 aliphatic heterocycles. The second-order valence-corrected chi connectivity index (χ2v) is 7.92. The van der Waals surface area contributed by atoms with Crippen molar-refractivity contribution >= 4 is 27.5 Å². The Morgan fingerprint density at radius 3 is 2.04 bits per heavy atom. The highest BCUT2D eigenvalue weighted by Gasteiger charge is 2.14. The predicted molar refractivity (Wildman–Crippen MR) is 101 cm³/mol. The third kappa shape index (κ3) is 5.63. The van der Waals surface area contributed by atoms with Crippen molar-refractivity contribution in [3.8, 4) is 0 Å². The summed E-state index contributed by atoms with van der Waals surface area (Å²) in [6, 6.07) is 12.7. The van der Waals surface area contributed by atoms with Crippen LogP contribution >= 0.6 is 0 Å². The fourth-order valence-corrected chi connectivity index (χ4v) is 2.75. The zero-order valence-corrected chi connectivity index (χ0v) is 16.2. The molecule has 0 aliphatic rings. The Bertz CT molecular complexity index is 904. The normalized spacial score (nSPS) is 11.1. The lowest BCUT2D eigenvalue weighted by Crippen LogP contribution is -2.24. The average Bonchev–Trinajstić information content (AvgIpc) is 2.65. The lowest BCUT2D eigenvalue weighted by atomic mass is 10.1. The summed E-state index contributed by atoms with van der Waals surface area (Å²) in [5.41, 5.74) is 2.02. The Kier molecular flexibility index (Phi) is 6.70. The van der Waals surface area contributed by atoms with Crippen LogP contribution in [-0.2, 0) is 26.1 Å². The Hall–Kier alpha value is -2.71. The van der Waals surface area contributed by atoms with Crippen LogP contribution in [0.5, 0.6) is 0 Å². The van der Waals surface area contributed by atoms with Crippen LogP contribution in [0, 0.1) is 0 Å². The van der Waals surface area contributed by atoms with Crippen molar-refractivity contribution in [3.63, 3.8) is 0 Å². The predicted octanol–water partition coefficient (Wildman–Crippen LogP) is 2.27. The van der Waals surface area contributed by atoms with E-state index in [2.05, 4.69) is 0 Å². The van der Waals surface area contributed by atoms with Crippen molar-refractivity contribution in [1.29, 1.82) is 0 Å². The van der Waals surface area contributed by atoms with Gasteiger partial charge in [-0.05, 0) is 42.0 Å². The number of nitrogens with zero attached hydrogens (tertiary/aromatic N) is 1. The number of ether oxygens (including phenoxy) is 2. The monoisotopic (exact) mass is 391 g/mol. The molecule has 0 fully saturated rings. The zero-order chi connectivity index (χ0) is 20.0. The van der Waals surface area contributed by atoms with Gasteiger partial charge in [-0.15, -0.1) is 0 Å². The molecule has 2 rings (SSSR count). The maximum Gasteiger partial charge on any atom is 0.338 e. The molecule has 0 saturated heterocycles. The lowest BCUT2D eigenvalue weighted by molar-refractivity contribution is 0.0474. The molecule has 0 saturated carbocycles. The van der Waals surface area contributed by atoms with Gasteiger partial charge in [-0.3, -0.25) is 9.10 Å². The van der Waals surface area contributed by atoms with Gasteiger partial charge in [0, 0.05) is 19.7 Å². The molecule has 2 aromatic rings. The second kappa shape index (κ2) is 8.79. The number of ketones is 1. The number of rotatable bonds is 8. The standard InChI is InChI=1S/C19H21NO6S/c1-20(27(3,23)24)17-10-8-15(9-11-17)18(21)13-26-19(22)16-6-4-14(5-7-16)12-25-2/h4-11H,12-13H2,1-3H3. The molecule has 8 heteroatoms. The number of Topliss-reactive ketones (excluding diaryl/α,β-unsaturated/α-hetero) is 1. The number of sulfonamides is 1. The maximum atomic E-state index is 12.2. The number of hydrogen-bond donors (Lipinski definition) is 0. The van der Waals surface area contributed by atoms with Crippen LogP contribution in [0.3, 0.4) is 0 Å². The fourth-order valence-electron chi connectivity index (χ4n) is 2.25. The molecule has 0 atom stereocenters. The van der Waals surface area contributed by atoms with Crippen molar-refractivity contribution in [2.75, 3.05) is 31.3 Å². The number of esters is 1. The van der Waals surface area contributed by atoms with E-state index < -0.39 is 22.6 Å². The van der Waals surface area contributed by atoms with Crippen LogP contribution in [0.25, 0.3) is 0 Å². The molecule has 0 bridgehead atoms. The molecule has 144 valence electrons. The quantitative estimate of drug-likeness (QED) is 0.507. The minimum Gasteiger partial charge on any atom is -0.454 e. The smallest absolute Gasteiger partial charge is 0.338 e. The molecule has 0 unspecified atom stereocenters. The molecule has 0 N–H and O–H groups in total. The summed E-state index contributed by atoms with van der Waals surface area (Å²) < 4.78 is 34.2. The van der Waals surface area contributed by atoms with Gasteiger partial charge in [-0.1, -0.05) is 12.1 Å². The summed E-state index contributed by atoms with van der Waals surface area (Å²) in [4.78, 5) is 24.2. The Balaban J connectivity index is 1.96. The molecule has 0 radical (unpaired) electrons. The molecule has 27 heavy (non-hydrogen) atoms. The van der Waals surface area contributed by atoms with Gasteiger partial charge in [-0.25, -0.2) is 13.2 Å². The molecular weight excluding hydrogens is 370 g/mol. The first kappa shape index (κ1) is 20.6. The summed E-state index contributed by atoms with van der Waals surface area (Å²) in [5, 5.41) is 0. The van der Waals surface area contributed by atoms with Gasteiger partial charge in [-0.2, -0.15) is 0 Å². The van der Waals surface area contributed by atoms with E-state index in [0.29, 0.717) is 23.4 Å². The molecule has 2 aromatic carbocycles. The molecule has 0 aliphatic carbocycles. The summed E-state index contributed by atoms with van der Waals surface area (Å²) in [6.07, 6.45) is 1.09. The first-order valence-electron chi connectivity index (χ1n) is 8.04. The van der Waals surface area contributed by atoms with Gasteiger partial charge < -0.3 is 9.47 Å². The Labute approximate surface area is 158 Å². The molecule has 0 heterocycles. The van der Waals surface area contributed by atoms with Crippen LogP contribution in [0.2, 0.25) is 0 Å². The Morgan fingerprint density at radius 1 is 0.963 bits per heavy atom. The maximum absolute atomic E-state index is 12.2. The van der Waals surface area contributed by atoms with Crippen molar-refractivity contribution in [2.45, 2.75) is 6.61 Å². The van der Waals surface area contributed by atoms with Crippen LogP contribution in [-0.4, -0.2) is 47.2 Å². The highest BCUT2D eigenvalue weighted by atomic mass is 32.2. The first-order chi connectivity index (χ1) is 12.7. The largest absolute Gasteiger partial charge is 0.454 e. The van der Waals surface area contributed by atoms with Gasteiger partial charge in [0.05, 0.1) is 24.1 Å². The van der Waals surface area contributed by atoms with E-state index in [1.54, 1.807) is 31.4 Å². The number of methoxy groups -OCH3 is 1. The molecule has 0 aromatic heterocycles. The van der Waals surface area contributed by atoms with Crippen molar-refractivity contribution in [1.82, 2.24) is 0 Å². The fraction of sp³-hybridized carbons (Fsp3) is 0.263. The van der Waals surface area contributed by atoms with Crippen molar-refractivity contribution in [2.24, 2.45) is 0 Å². The number of carbonyl (C=O) groups is 2. The minimum atomic E-state index is -3.38. The summed E-state index contributed by atoms with van der Waals surface area (Å²) >= 11 is 0.